The lowest BCUT2D eigenvalue weighted by molar-refractivity contribution is -0.119. The Balaban J connectivity index is 1.02. The number of nitrogens with zero attached hydrogens (tertiary/aromatic N) is 5. The fraction of sp³-hybridized carbons (Fsp3) is 0.489. The highest BCUT2D eigenvalue weighted by molar-refractivity contribution is 7.90. The van der Waals surface area contributed by atoms with Crippen molar-refractivity contribution in [1.82, 2.24) is 33.5 Å². The van der Waals surface area contributed by atoms with Crippen LogP contribution in [-0.4, -0.2) is 125 Å². The van der Waals surface area contributed by atoms with Gasteiger partial charge in [0.2, 0.25) is 33.6 Å². The second kappa shape index (κ2) is 20.5. The van der Waals surface area contributed by atoms with Crippen molar-refractivity contribution in [2.75, 3.05) is 66.3 Å². The van der Waals surface area contributed by atoms with Gasteiger partial charge < -0.3 is 19.3 Å². The van der Waals surface area contributed by atoms with Crippen LogP contribution in [-0.2, 0) is 61.9 Å². The van der Waals surface area contributed by atoms with Gasteiger partial charge in [-0.25, -0.2) is 23.1 Å². The summed E-state index contributed by atoms with van der Waals surface area (Å²) in [5.74, 6) is -0.319. The second-order valence-corrected chi connectivity index (χ2v) is 20.6. The van der Waals surface area contributed by atoms with Crippen LogP contribution in [0.5, 0.6) is 11.8 Å². The van der Waals surface area contributed by atoms with Crippen molar-refractivity contribution >= 4 is 32.0 Å². The highest BCUT2D eigenvalue weighted by atomic mass is 32.2. The Morgan fingerprint density at radius 3 is 2.06 bits per heavy atom. The van der Waals surface area contributed by atoms with Gasteiger partial charge in [-0.2, -0.15) is 12.7 Å². The zero-order valence-electron chi connectivity index (χ0n) is 37.6. The van der Waals surface area contributed by atoms with Gasteiger partial charge in [0.05, 0.1) is 32.8 Å². The molecular formula is C47H61N7O8S2. The number of methoxy groups -OCH3 is 2. The predicted octanol–water partition coefficient (Wildman–Crippen LogP) is 4.68. The van der Waals surface area contributed by atoms with Crippen LogP contribution in [0.4, 0.5) is 0 Å². The number of carbonyl (C=O) groups excluding carboxylic acids is 2. The number of pyridine rings is 2. The maximum absolute atomic E-state index is 13.8. The van der Waals surface area contributed by atoms with E-state index in [-0.39, 0.29) is 30.6 Å². The quantitative estimate of drug-likeness (QED) is 0.125. The number of hydrogen-bond acceptors (Lipinski definition) is 12. The number of likely N-dealkylation sites (N-methyl/N-ethyl adjacent to an activating group) is 1. The summed E-state index contributed by atoms with van der Waals surface area (Å²) in [4.78, 5) is 40.1. The topological polar surface area (TPSA) is 180 Å². The SMILES string of the molecule is CCN(CC)CCCS(=O)(=O)NC(=O)Cc1c(-c2ccnc(OC)c2)ccc2c1CCC2CN1CCC(N(C)S(=O)(=O)NC(=O)Cc2c(-c3ccnc(OC)c3)ccc3c2CCC3)C1. The molecule has 0 saturated carbocycles. The van der Waals surface area contributed by atoms with Crippen LogP contribution in [0.15, 0.2) is 60.9 Å². The highest BCUT2D eigenvalue weighted by Crippen LogP contribution is 2.41. The van der Waals surface area contributed by atoms with E-state index in [1.54, 1.807) is 26.6 Å². The summed E-state index contributed by atoms with van der Waals surface area (Å²) < 4.78 is 70.4. The Morgan fingerprint density at radius 1 is 0.797 bits per heavy atom. The molecular weight excluding hydrogens is 855 g/mol. The normalized spacial score (nSPS) is 17.4. The van der Waals surface area contributed by atoms with Gasteiger partial charge in [0, 0.05) is 50.7 Å². The van der Waals surface area contributed by atoms with Gasteiger partial charge >= 0.3 is 10.2 Å². The van der Waals surface area contributed by atoms with Gasteiger partial charge in [-0.3, -0.25) is 14.3 Å². The lowest BCUT2D eigenvalue weighted by Gasteiger charge is -2.26. The summed E-state index contributed by atoms with van der Waals surface area (Å²) in [6.45, 7) is 8.20. The van der Waals surface area contributed by atoms with Crippen molar-refractivity contribution in [2.24, 2.45) is 0 Å². The lowest BCUT2D eigenvalue weighted by Crippen LogP contribution is -2.47. The van der Waals surface area contributed by atoms with Crippen LogP contribution in [0.25, 0.3) is 22.3 Å². The molecule has 2 N–H and O–H groups in total. The minimum Gasteiger partial charge on any atom is -0.481 e. The zero-order valence-corrected chi connectivity index (χ0v) is 39.2. The molecule has 1 aliphatic heterocycles. The molecule has 344 valence electrons. The first-order valence-corrected chi connectivity index (χ1v) is 25.4. The maximum atomic E-state index is 13.8. The van der Waals surface area contributed by atoms with E-state index in [9.17, 15) is 26.4 Å². The number of aryl methyl sites for hydroxylation is 1. The van der Waals surface area contributed by atoms with E-state index in [0.717, 1.165) is 88.8 Å². The van der Waals surface area contributed by atoms with Crippen molar-refractivity contribution in [3.05, 3.63) is 94.3 Å². The number of nitrogens with one attached hydrogen (secondary N) is 2. The van der Waals surface area contributed by atoms with Crippen LogP contribution in [0, 0.1) is 0 Å². The third kappa shape index (κ3) is 10.9. The molecule has 2 atom stereocenters. The van der Waals surface area contributed by atoms with Crippen molar-refractivity contribution < 1.29 is 35.9 Å². The number of carbonyl (C=O) groups is 2. The Morgan fingerprint density at radius 2 is 1.42 bits per heavy atom. The van der Waals surface area contributed by atoms with Gasteiger partial charge in [-0.1, -0.05) is 38.1 Å². The lowest BCUT2D eigenvalue weighted by atomic mass is 9.89. The van der Waals surface area contributed by atoms with Crippen LogP contribution >= 0.6 is 0 Å². The largest absolute Gasteiger partial charge is 0.481 e. The number of rotatable bonds is 20. The fourth-order valence-electron chi connectivity index (χ4n) is 9.75. The van der Waals surface area contributed by atoms with Gasteiger partial charge in [0.1, 0.15) is 0 Å². The first-order chi connectivity index (χ1) is 30.7. The number of likely N-dealkylation sites (tertiary alicyclic amines) is 1. The summed E-state index contributed by atoms with van der Waals surface area (Å²) in [6, 6.07) is 15.2. The highest BCUT2D eigenvalue weighted by Gasteiger charge is 2.36. The molecule has 0 spiro atoms. The molecule has 3 heterocycles. The molecule has 2 aliphatic carbocycles. The molecule has 0 radical (unpaired) electrons. The van der Waals surface area contributed by atoms with Gasteiger partial charge in [0.15, 0.2) is 0 Å². The van der Waals surface area contributed by atoms with Crippen LogP contribution in [0.3, 0.4) is 0 Å². The standard InChI is InChI=1S/C47H61N7O8S2/c1-6-53(7-2)23-9-25-63(57,58)50-44(55)29-43-39(34-19-22-49-47(27-34)62-5)16-17-40-35(13-15-41(40)43)30-54-24-20-36(31-54)52(3)64(59,60)51-45(56)28-42-37-11-8-10-32(37)12-14-38(42)33-18-21-48-46(26-33)61-4/h12,14,16-19,21-22,26-27,35-36H,6-11,13,15,20,23-25,28-31H2,1-5H3,(H,50,55)(H,51,56). The van der Waals surface area contributed by atoms with Gasteiger partial charge in [0.25, 0.3) is 0 Å². The summed E-state index contributed by atoms with van der Waals surface area (Å²) in [5.41, 5.74) is 9.34. The molecule has 2 aromatic heterocycles. The Kier molecular flexibility index (Phi) is 15.1. The van der Waals surface area contributed by atoms with Gasteiger partial charge in [-0.15, -0.1) is 0 Å². The molecule has 2 unspecified atom stereocenters. The average molecular weight is 916 g/mol. The number of fused-ring (bicyclic) bond motifs is 2. The van der Waals surface area contributed by atoms with E-state index in [2.05, 4.69) is 41.3 Å². The minimum atomic E-state index is -4.16. The maximum Gasteiger partial charge on any atom is 0.303 e. The Hall–Kier alpha value is -4.94. The van der Waals surface area contributed by atoms with Crippen LogP contribution in [0.2, 0.25) is 0 Å². The summed E-state index contributed by atoms with van der Waals surface area (Å²) in [7, 11) is -3.38. The molecule has 0 bridgehead atoms. The number of amides is 2. The van der Waals surface area contributed by atoms with Crippen molar-refractivity contribution in [3.63, 3.8) is 0 Å². The van der Waals surface area contributed by atoms with Crippen LogP contribution < -0.4 is 18.9 Å². The molecule has 3 aliphatic rings. The smallest absolute Gasteiger partial charge is 0.303 e. The number of sulfonamides is 1. The molecule has 1 fully saturated rings. The monoisotopic (exact) mass is 915 g/mol. The van der Waals surface area contributed by atoms with Gasteiger partial charge in [-0.05, 0) is 145 Å². The Bertz CT molecular complexity index is 2570. The molecule has 1 saturated heterocycles. The Labute approximate surface area is 378 Å². The minimum absolute atomic E-state index is 0.0824. The molecule has 2 aromatic carbocycles. The summed E-state index contributed by atoms with van der Waals surface area (Å²) in [6.07, 6.45) is 8.37. The molecule has 15 nitrogen and oxygen atoms in total. The van der Waals surface area contributed by atoms with E-state index in [0.29, 0.717) is 57.2 Å². The van der Waals surface area contributed by atoms with Crippen molar-refractivity contribution in [2.45, 2.75) is 83.6 Å². The average Bonchev–Trinajstić information content (AvgIpc) is 4.06. The number of aromatic nitrogens is 2. The van der Waals surface area contributed by atoms with E-state index < -0.39 is 32.0 Å². The predicted molar refractivity (Wildman–Crippen MR) is 247 cm³/mol. The van der Waals surface area contributed by atoms with Crippen molar-refractivity contribution in [1.29, 1.82) is 0 Å². The summed E-state index contributed by atoms with van der Waals surface area (Å²) in [5, 5.41) is 0. The number of benzene rings is 2. The molecule has 2 amide bonds. The first-order valence-electron chi connectivity index (χ1n) is 22.3. The molecule has 17 heteroatoms. The van der Waals surface area contributed by atoms with E-state index >= 15 is 0 Å². The summed E-state index contributed by atoms with van der Waals surface area (Å²) >= 11 is 0. The molecule has 64 heavy (non-hydrogen) atoms. The van der Waals surface area contributed by atoms with Crippen molar-refractivity contribution in [3.8, 4) is 34.0 Å². The molecule has 4 aromatic rings. The van der Waals surface area contributed by atoms with Crippen LogP contribution in [0.1, 0.15) is 78.8 Å². The zero-order chi connectivity index (χ0) is 45.6. The fourth-order valence-corrected chi connectivity index (χ4v) is 11.9. The number of ether oxygens (including phenoxy) is 2. The molecule has 7 rings (SSSR count). The van der Waals surface area contributed by atoms with E-state index in [4.69, 9.17) is 9.47 Å². The third-order valence-corrected chi connectivity index (χ3v) is 16.1. The second-order valence-electron chi connectivity index (χ2n) is 17.0. The number of hydrogen-bond donors (Lipinski definition) is 2. The third-order valence-electron chi connectivity index (χ3n) is 13.1. The first kappa shape index (κ1) is 47.0. The van der Waals surface area contributed by atoms with E-state index in [1.165, 1.54) is 16.9 Å². The van der Waals surface area contributed by atoms with E-state index in [1.807, 2.05) is 50.2 Å².